The lowest BCUT2D eigenvalue weighted by molar-refractivity contribution is 0.323. The van der Waals surface area contributed by atoms with Crippen LogP contribution in [-0.4, -0.2) is 15.7 Å². The molecule has 66 valence electrons. The number of rotatable bonds is 1. The van der Waals surface area contributed by atoms with Crippen molar-refractivity contribution >= 4 is 10.8 Å². The Morgan fingerprint density at radius 1 is 1.45 bits per heavy atom. The van der Waals surface area contributed by atoms with Crippen molar-refractivity contribution in [3.8, 4) is 0 Å². The number of hydrogen-bond acceptors (Lipinski definition) is 1. The van der Waals surface area contributed by atoms with E-state index < -0.39 is 10.8 Å². The molecule has 1 nitrogen and oxygen atoms in total. The van der Waals surface area contributed by atoms with Gasteiger partial charge in [0, 0.05) is 22.3 Å². The van der Waals surface area contributed by atoms with Crippen LogP contribution >= 0.6 is 0 Å². The summed E-state index contributed by atoms with van der Waals surface area (Å²) in [6, 6.07) is 0. The molecule has 0 N–H and O–H groups in total. The minimum Gasteiger partial charge on any atom is -0.260 e. The Hall–Kier alpha value is 0.150. The highest BCUT2D eigenvalue weighted by molar-refractivity contribution is 7.85. The lowest BCUT2D eigenvalue weighted by Crippen LogP contribution is -2.21. The van der Waals surface area contributed by atoms with Gasteiger partial charge < -0.3 is 0 Å². The van der Waals surface area contributed by atoms with Crippen molar-refractivity contribution in [1.82, 2.24) is 0 Å². The van der Waals surface area contributed by atoms with Crippen LogP contribution in [0.25, 0.3) is 0 Å². The van der Waals surface area contributed by atoms with Crippen LogP contribution in [0.15, 0.2) is 0 Å². The molecule has 0 spiro atoms. The predicted octanol–water partition coefficient (Wildman–Crippen LogP) is 2.34. The summed E-state index contributed by atoms with van der Waals surface area (Å²) in [4.78, 5) is 0. The maximum Gasteiger partial charge on any atom is 0.0288 e. The van der Waals surface area contributed by atoms with Crippen molar-refractivity contribution in [3.63, 3.8) is 0 Å². The summed E-state index contributed by atoms with van der Waals surface area (Å²) < 4.78 is 11.4. The van der Waals surface area contributed by atoms with E-state index in [1.165, 1.54) is 25.7 Å². The van der Waals surface area contributed by atoms with Gasteiger partial charge >= 0.3 is 0 Å². The molecule has 1 saturated heterocycles. The molecule has 0 aliphatic carbocycles. The molecule has 0 aromatic rings. The second kappa shape index (κ2) is 3.70. The van der Waals surface area contributed by atoms with Crippen molar-refractivity contribution in [1.29, 1.82) is 0 Å². The summed E-state index contributed by atoms with van der Waals surface area (Å²) in [5, 5.41) is 0. The molecule has 11 heavy (non-hydrogen) atoms. The lowest BCUT2D eigenvalue weighted by Gasteiger charge is -2.24. The first-order valence-electron chi connectivity index (χ1n) is 4.51. The fourth-order valence-corrected chi connectivity index (χ4v) is 3.42. The van der Waals surface area contributed by atoms with E-state index in [1.807, 2.05) is 0 Å². The molecule has 0 aromatic carbocycles. The zero-order chi connectivity index (χ0) is 8.32. The Balaban J connectivity index is 2.58. The van der Waals surface area contributed by atoms with Crippen molar-refractivity contribution in [2.24, 2.45) is 5.41 Å². The maximum atomic E-state index is 11.4. The fraction of sp³-hybridized carbons (Fsp3) is 1.00. The van der Waals surface area contributed by atoms with Crippen LogP contribution in [0.5, 0.6) is 0 Å². The molecule has 2 heteroatoms. The summed E-state index contributed by atoms with van der Waals surface area (Å²) in [6.07, 6.45) is 4.90. The molecular weight excluding hydrogens is 156 g/mol. The summed E-state index contributed by atoms with van der Waals surface area (Å²) in [5.74, 6) is 1.87. The van der Waals surface area contributed by atoms with Crippen LogP contribution in [0.4, 0.5) is 0 Å². The molecule has 1 aliphatic heterocycles. The SMILES string of the molecule is CCC1(C)CCCCS(=O)C1. The highest BCUT2D eigenvalue weighted by Gasteiger charge is 2.26. The van der Waals surface area contributed by atoms with Gasteiger partial charge in [0.1, 0.15) is 0 Å². The van der Waals surface area contributed by atoms with Crippen molar-refractivity contribution in [2.75, 3.05) is 11.5 Å². The normalized spacial score (nSPS) is 40.0. The summed E-state index contributed by atoms with van der Waals surface area (Å²) in [5.41, 5.74) is 0.376. The van der Waals surface area contributed by atoms with Gasteiger partial charge in [0.25, 0.3) is 0 Å². The van der Waals surface area contributed by atoms with Crippen LogP contribution < -0.4 is 0 Å². The average molecular weight is 174 g/mol. The van der Waals surface area contributed by atoms with E-state index in [4.69, 9.17) is 0 Å². The molecule has 0 bridgehead atoms. The van der Waals surface area contributed by atoms with E-state index in [0.717, 1.165) is 11.5 Å². The molecule has 1 heterocycles. The topological polar surface area (TPSA) is 17.1 Å². The predicted molar refractivity (Wildman–Crippen MR) is 50.1 cm³/mol. The molecule has 0 radical (unpaired) electrons. The van der Waals surface area contributed by atoms with E-state index in [9.17, 15) is 4.21 Å². The third kappa shape index (κ3) is 2.58. The van der Waals surface area contributed by atoms with Crippen LogP contribution in [0.3, 0.4) is 0 Å². The zero-order valence-electron chi connectivity index (χ0n) is 7.56. The number of hydrogen-bond donors (Lipinski definition) is 0. The summed E-state index contributed by atoms with van der Waals surface area (Å²) in [7, 11) is -0.527. The van der Waals surface area contributed by atoms with Crippen LogP contribution in [0.2, 0.25) is 0 Å². The van der Waals surface area contributed by atoms with E-state index in [1.54, 1.807) is 0 Å². The monoisotopic (exact) mass is 174 g/mol. The Bertz CT molecular complexity index is 156. The second-order valence-corrected chi connectivity index (χ2v) is 5.49. The largest absolute Gasteiger partial charge is 0.260 e. The molecule has 0 saturated carbocycles. The molecular formula is C9H18OS. The first-order chi connectivity index (χ1) is 5.16. The molecule has 2 unspecified atom stereocenters. The molecule has 0 aromatic heterocycles. The van der Waals surface area contributed by atoms with Gasteiger partial charge in [-0.2, -0.15) is 0 Å². The molecule has 1 fully saturated rings. The van der Waals surface area contributed by atoms with Crippen molar-refractivity contribution in [3.05, 3.63) is 0 Å². The van der Waals surface area contributed by atoms with Gasteiger partial charge in [0.15, 0.2) is 0 Å². The minimum atomic E-state index is -0.527. The van der Waals surface area contributed by atoms with E-state index in [-0.39, 0.29) is 0 Å². The summed E-state index contributed by atoms with van der Waals surface area (Å²) in [6.45, 7) is 4.48. The molecule has 1 aliphatic rings. The minimum absolute atomic E-state index is 0.376. The van der Waals surface area contributed by atoms with Crippen molar-refractivity contribution in [2.45, 2.75) is 39.5 Å². The Kier molecular flexibility index (Phi) is 3.11. The lowest BCUT2D eigenvalue weighted by atomic mass is 9.85. The Morgan fingerprint density at radius 3 is 2.82 bits per heavy atom. The third-order valence-electron chi connectivity index (χ3n) is 2.77. The smallest absolute Gasteiger partial charge is 0.0288 e. The highest BCUT2D eigenvalue weighted by Crippen LogP contribution is 2.31. The highest BCUT2D eigenvalue weighted by atomic mass is 32.2. The maximum absolute atomic E-state index is 11.4. The van der Waals surface area contributed by atoms with Gasteiger partial charge in [0.2, 0.25) is 0 Å². The van der Waals surface area contributed by atoms with Crippen LogP contribution in [0, 0.1) is 5.41 Å². The second-order valence-electron chi connectivity index (χ2n) is 3.91. The van der Waals surface area contributed by atoms with E-state index >= 15 is 0 Å². The molecule has 0 amide bonds. The van der Waals surface area contributed by atoms with Gasteiger partial charge in [0.05, 0.1) is 0 Å². The summed E-state index contributed by atoms with van der Waals surface area (Å²) >= 11 is 0. The van der Waals surface area contributed by atoms with Gasteiger partial charge in [-0.1, -0.05) is 20.3 Å². The van der Waals surface area contributed by atoms with E-state index in [0.29, 0.717) is 5.41 Å². The van der Waals surface area contributed by atoms with Gasteiger partial charge in [-0.3, -0.25) is 4.21 Å². The first-order valence-corrected chi connectivity index (χ1v) is 6.00. The standard InChI is InChI=1S/C9H18OS/c1-3-9(2)6-4-5-7-11(10)8-9/h3-8H2,1-2H3. The van der Waals surface area contributed by atoms with Gasteiger partial charge in [-0.15, -0.1) is 0 Å². The average Bonchev–Trinajstić information content (AvgIpc) is 2.13. The van der Waals surface area contributed by atoms with Gasteiger partial charge in [-0.25, -0.2) is 0 Å². The van der Waals surface area contributed by atoms with Crippen LogP contribution in [-0.2, 0) is 10.8 Å². The Morgan fingerprint density at radius 2 is 2.18 bits per heavy atom. The fourth-order valence-electron chi connectivity index (χ4n) is 1.63. The zero-order valence-corrected chi connectivity index (χ0v) is 8.38. The van der Waals surface area contributed by atoms with E-state index in [2.05, 4.69) is 13.8 Å². The molecule has 1 rings (SSSR count). The quantitative estimate of drug-likeness (QED) is 0.596. The third-order valence-corrected chi connectivity index (χ3v) is 4.53. The Labute approximate surface area is 72.0 Å². The van der Waals surface area contributed by atoms with Crippen molar-refractivity contribution < 1.29 is 4.21 Å². The first kappa shape index (κ1) is 9.24. The molecule has 2 atom stereocenters. The van der Waals surface area contributed by atoms with Crippen LogP contribution in [0.1, 0.15) is 39.5 Å². The van der Waals surface area contributed by atoms with Gasteiger partial charge in [-0.05, 0) is 24.7 Å².